The van der Waals surface area contributed by atoms with Gasteiger partial charge in [-0.1, -0.05) is 30.9 Å². The van der Waals surface area contributed by atoms with Gasteiger partial charge in [-0.25, -0.2) is 0 Å². The van der Waals surface area contributed by atoms with Crippen molar-refractivity contribution >= 4 is 47.2 Å². The van der Waals surface area contributed by atoms with E-state index in [1.54, 1.807) is 18.2 Å². The van der Waals surface area contributed by atoms with Gasteiger partial charge in [-0.2, -0.15) is 0 Å². The molecule has 7 heteroatoms. The van der Waals surface area contributed by atoms with Crippen molar-refractivity contribution in [1.29, 1.82) is 0 Å². The molecule has 0 aromatic heterocycles. The average Bonchev–Trinajstić information content (AvgIpc) is 2.42. The van der Waals surface area contributed by atoms with Crippen LogP contribution < -0.4 is 16.4 Å². The maximum absolute atomic E-state index is 12.3. The molecular weight excluding hydrogens is 325 g/mol. The summed E-state index contributed by atoms with van der Waals surface area (Å²) in [4.78, 5) is 23.3. The molecule has 0 spiro atoms. The van der Waals surface area contributed by atoms with Gasteiger partial charge in [-0.15, -0.1) is 12.4 Å². The summed E-state index contributed by atoms with van der Waals surface area (Å²) in [6, 6.07) is 4.96. The number of nitrogens with one attached hydrogen (secondary N) is 2. The van der Waals surface area contributed by atoms with Crippen molar-refractivity contribution in [3.63, 3.8) is 0 Å². The maximum Gasteiger partial charge on any atom is 0.244 e. The standard InChI is InChI=1S/C15H20ClN3O2.ClH/c1-10(20)18-13-6-5-11(9-12(13)16)19-14(21)15(17)7-3-2-4-8-15;/h5-6,9H,2-4,7-8,17H2,1H3,(H,18,20)(H,19,21);1H. The van der Waals surface area contributed by atoms with Crippen molar-refractivity contribution < 1.29 is 9.59 Å². The third kappa shape index (κ3) is 4.60. The van der Waals surface area contributed by atoms with Gasteiger partial charge in [0.2, 0.25) is 11.8 Å². The minimum atomic E-state index is -0.791. The number of anilines is 2. The molecule has 2 amide bonds. The number of rotatable bonds is 3. The molecule has 1 saturated carbocycles. The molecule has 22 heavy (non-hydrogen) atoms. The Hall–Kier alpha value is -1.30. The first-order chi connectivity index (χ1) is 9.90. The fourth-order valence-corrected chi connectivity index (χ4v) is 2.78. The highest BCUT2D eigenvalue weighted by Crippen LogP contribution is 2.29. The summed E-state index contributed by atoms with van der Waals surface area (Å²) in [5, 5.41) is 5.80. The Balaban J connectivity index is 0.00000242. The number of hydrogen-bond donors (Lipinski definition) is 3. The van der Waals surface area contributed by atoms with Gasteiger partial charge < -0.3 is 16.4 Å². The first-order valence-corrected chi connectivity index (χ1v) is 7.46. The molecule has 1 aromatic carbocycles. The molecule has 0 aliphatic heterocycles. The molecule has 1 aliphatic rings. The van der Waals surface area contributed by atoms with E-state index in [-0.39, 0.29) is 24.2 Å². The van der Waals surface area contributed by atoms with Crippen LogP contribution in [0.5, 0.6) is 0 Å². The monoisotopic (exact) mass is 345 g/mol. The molecular formula is C15H21Cl2N3O2. The average molecular weight is 346 g/mol. The van der Waals surface area contributed by atoms with Crippen LogP contribution in [0.3, 0.4) is 0 Å². The number of amides is 2. The Morgan fingerprint density at radius 1 is 1.18 bits per heavy atom. The highest BCUT2D eigenvalue weighted by molar-refractivity contribution is 6.34. The first kappa shape index (κ1) is 18.7. The Kier molecular flexibility index (Phi) is 6.66. The lowest BCUT2D eigenvalue weighted by atomic mass is 9.82. The second-order valence-corrected chi connectivity index (χ2v) is 5.95. The van der Waals surface area contributed by atoms with Crippen LogP contribution in [0.4, 0.5) is 11.4 Å². The number of carbonyl (C=O) groups is 2. The van der Waals surface area contributed by atoms with E-state index in [0.717, 1.165) is 19.3 Å². The fraction of sp³-hybridized carbons (Fsp3) is 0.467. The van der Waals surface area contributed by atoms with Crippen molar-refractivity contribution in [1.82, 2.24) is 0 Å². The molecule has 2 rings (SSSR count). The lowest BCUT2D eigenvalue weighted by Crippen LogP contribution is -2.52. The Bertz CT molecular complexity index is 558. The van der Waals surface area contributed by atoms with E-state index >= 15 is 0 Å². The van der Waals surface area contributed by atoms with Gasteiger partial charge in [-0.05, 0) is 31.0 Å². The van der Waals surface area contributed by atoms with Gasteiger partial charge in [0.25, 0.3) is 0 Å². The van der Waals surface area contributed by atoms with Gasteiger partial charge in [0, 0.05) is 12.6 Å². The predicted octanol–water partition coefficient (Wildman–Crippen LogP) is 3.32. The summed E-state index contributed by atoms with van der Waals surface area (Å²) in [6.45, 7) is 1.41. The van der Waals surface area contributed by atoms with Crippen LogP contribution in [0, 0.1) is 0 Å². The second kappa shape index (κ2) is 7.81. The molecule has 0 heterocycles. The topological polar surface area (TPSA) is 84.2 Å². The summed E-state index contributed by atoms with van der Waals surface area (Å²) in [6.07, 6.45) is 4.49. The van der Waals surface area contributed by atoms with Crippen LogP contribution >= 0.6 is 24.0 Å². The Labute approximate surface area is 141 Å². The summed E-state index contributed by atoms with van der Waals surface area (Å²) in [5.74, 6) is -0.373. The summed E-state index contributed by atoms with van der Waals surface area (Å²) >= 11 is 6.08. The Morgan fingerprint density at radius 3 is 2.36 bits per heavy atom. The van der Waals surface area contributed by atoms with Crippen molar-refractivity contribution in [2.45, 2.75) is 44.6 Å². The van der Waals surface area contributed by atoms with E-state index in [2.05, 4.69) is 10.6 Å². The minimum Gasteiger partial charge on any atom is -0.325 e. The molecule has 0 radical (unpaired) electrons. The third-order valence-electron chi connectivity index (χ3n) is 3.74. The molecule has 5 nitrogen and oxygen atoms in total. The van der Waals surface area contributed by atoms with Crippen molar-refractivity contribution in [2.75, 3.05) is 10.6 Å². The van der Waals surface area contributed by atoms with Crippen LogP contribution in [0.15, 0.2) is 18.2 Å². The summed E-state index contributed by atoms with van der Waals surface area (Å²) < 4.78 is 0. The molecule has 1 aliphatic carbocycles. The smallest absolute Gasteiger partial charge is 0.244 e. The van der Waals surface area contributed by atoms with Crippen molar-refractivity contribution in [3.05, 3.63) is 23.2 Å². The zero-order valence-electron chi connectivity index (χ0n) is 12.4. The maximum atomic E-state index is 12.3. The zero-order valence-corrected chi connectivity index (χ0v) is 14.0. The van der Waals surface area contributed by atoms with Gasteiger partial charge >= 0.3 is 0 Å². The lowest BCUT2D eigenvalue weighted by Gasteiger charge is -2.31. The lowest BCUT2D eigenvalue weighted by molar-refractivity contribution is -0.122. The number of halogens is 2. The van der Waals surface area contributed by atoms with Crippen LogP contribution in [0.25, 0.3) is 0 Å². The van der Waals surface area contributed by atoms with Gasteiger partial charge in [0.1, 0.15) is 0 Å². The van der Waals surface area contributed by atoms with Crippen LogP contribution in [-0.4, -0.2) is 17.4 Å². The second-order valence-electron chi connectivity index (χ2n) is 5.55. The van der Waals surface area contributed by atoms with E-state index in [1.165, 1.54) is 6.92 Å². The zero-order chi connectivity index (χ0) is 15.5. The number of hydrogen-bond acceptors (Lipinski definition) is 3. The van der Waals surface area contributed by atoms with Crippen LogP contribution in [0.1, 0.15) is 39.0 Å². The SMILES string of the molecule is CC(=O)Nc1ccc(NC(=O)C2(N)CCCCC2)cc1Cl.Cl. The van der Waals surface area contributed by atoms with Gasteiger partial charge in [0.15, 0.2) is 0 Å². The third-order valence-corrected chi connectivity index (χ3v) is 4.05. The minimum absolute atomic E-state index is 0. The van der Waals surface area contributed by atoms with Crippen molar-refractivity contribution in [2.24, 2.45) is 5.73 Å². The molecule has 0 bridgehead atoms. The summed E-state index contributed by atoms with van der Waals surface area (Å²) in [5.41, 5.74) is 6.49. The quantitative estimate of drug-likeness (QED) is 0.785. The first-order valence-electron chi connectivity index (χ1n) is 7.08. The van der Waals surface area contributed by atoms with Crippen molar-refractivity contribution in [3.8, 4) is 0 Å². The molecule has 0 unspecified atom stereocenters. The normalized spacial score (nSPS) is 16.3. The number of nitrogens with two attached hydrogens (primary N) is 1. The number of carbonyl (C=O) groups excluding carboxylic acids is 2. The van der Waals surface area contributed by atoms with E-state index in [0.29, 0.717) is 29.2 Å². The van der Waals surface area contributed by atoms with Crippen LogP contribution in [-0.2, 0) is 9.59 Å². The van der Waals surface area contributed by atoms with E-state index < -0.39 is 5.54 Å². The molecule has 1 fully saturated rings. The highest BCUT2D eigenvalue weighted by atomic mass is 35.5. The molecule has 0 saturated heterocycles. The van der Waals surface area contributed by atoms with E-state index in [4.69, 9.17) is 17.3 Å². The molecule has 4 N–H and O–H groups in total. The van der Waals surface area contributed by atoms with E-state index in [1.807, 2.05) is 0 Å². The summed E-state index contributed by atoms with van der Waals surface area (Å²) in [7, 11) is 0. The van der Waals surface area contributed by atoms with E-state index in [9.17, 15) is 9.59 Å². The van der Waals surface area contributed by atoms with Gasteiger partial charge in [0.05, 0.1) is 16.2 Å². The predicted molar refractivity (Wildman–Crippen MR) is 91.6 cm³/mol. The van der Waals surface area contributed by atoms with Gasteiger partial charge in [-0.3, -0.25) is 9.59 Å². The molecule has 122 valence electrons. The number of benzene rings is 1. The highest BCUT2D eigenvalue weighted by Gasteiger charge is 2.35. The van der Waals surface area contributed by atoms with Crippen LogP contribution in [0.2, 0.25) is 5.02 Å². The largest absolute Gasteiger partial charge is 0.325 e. The fourth-order valence-electron chi connectivity index (χ4n) is 2.55. The molecule has 0 atom stereocenters. The Morgan fingerprint density at radius 2 is 1.82 bits per heavy atom. The molecule has 1 aromatic rings.